The van der Waals surface area contributed by atoms with Crippen LogP contribution in [0.2, 0.25) is 0 Å². The fourth-order valence-electron chi connectivity index (χ4n) is 2.00. The van der Waals surface area contributed by atoms with E-state index in [1.54, 1.807) is 6.92 Å². The molecular formula is C16H23NO2. The number of aliphatic hydroxyl groups is 1. The van der Waals surface area contributed by atoms with Crippen LogP contribution in [0, 0.1) is 6.92 Å². The maximum Gasteiger partial charge on any atom is 0.137 e. The molecule has 2 rings (SSSR count). The first-order valence-electron chi connectivity index (χ1n) is 6.66. The van der Waals surface area contributed by atoms with Gasteiger partial charge < -0.3 is 14.8 Å². The summed E-state index contributed by atoms with van der Waals surface area (Å²) in [4.78, 5) is 0. The molecule has 0 saturated carbocycles. The van der Waals surface area contributed by atoms with Gasteiger partial charge in [-0.15, -0.1) is 0 Å². The number of hydrogen-bond donors (Lipinski definition) is 2. The smallest absolute Gasteiger partial charge is 0.137 e. The van der Waals surface area contributed by atoms with Gasteiger partial charge in [-0.25, -0.2) is 0 Å². The number of fused-ring (bicyclic) bond motifs is 1. The van der Waals surface area contributed by atoms with Crippen molar-refractivity contribution in [3.05, 3.63) is 35.6 Å². The van der Waals surface area contributed by atoms with E-state index in [9.17, 15) is 5.11 Å². The highest BCUT2D eigenvalue weighted by molar-refractivity contribution is 5.81. The highest BCUT2D eigenvalue weighted by Gasteiger charge is 2.29. The Bertz CT molecular complexity index is 576. The van der Waals surface area contributed by atoms with Crippen LogP contribution >= 0.6 is 0 Å². The van der Waals surface area contributed by atoms with Gasteiger partial charge in [-0.05, 0) is 46.2 Å². The SMILES string of the molecule is Cc1cccc2cc(C(C)(O)CNC(C)(C)C)oc12. The van der Waals surface area contributed by atoms with Crippen LogP contribution in [0.25, 0.3) is 11.0 Å². The molecule has 1 heterocycles. The summed E-state index contributed by atoms with van der Waals surface area (Å²) >= 11 is 0. The fraction of sp³-hybridized carbons (Fsp3) is 0.500. The molecule has 104 valence electrons. The minimum atomic E-state index is -1.02. The largest absolute Gasteiger partial charge is 0.458 e. The summed E-state index contributed by atoms with van der Waals surface area (Å²) in [7, 11) is 0. The molecule has 1 atom stereocenters. The second kappa shape index (κ2) is 4.66. The quantitative estimate of drug-likeness (QED) is 0.890. The second-order valence-corrected chi connectivity index (χ2v) is 6.48. The molecule has 0 bridgehead atoms. The first-order chi connectivity index (χ1) is 8.69. The van der Waals surface area contributed by atoms with Crippen molar-refractivity contribution in [3.63, 3.8) is 0 Å². The summed E-state index contributed by atoms with van der Waals surface area (Å²) in [6, 6.07) is 7.94. The van der Waals surface area contributed by atoms with Crippen molar-refractivity contribution in [2.24, 2.45) is 0 Å². The van der Waals surface area contributed by atoms with E-state index in [2.05, 4.69) is 26.1 Å². The molecule has 0 amide bonds. The summed E-state index contributed by atoms with van der Waals surface area (Å²) in [5.74, 6) is 0.605. The number of para-hydroxylation sites is 1. The fourth-order valence-corrected chi connectivity index (χ4v) is 2.00. The highest BCUT2D eigenvalue weighted by Crippen LogP contribution is 2.29. The molecule has 0 spiro atoms. The number of hydrogen-bond acceptors (Lipinski definition) is 3. The standard InChI is InChI=1S/C16H23NO2/c1-11-7-6-8-12-9-13(19-14(11)12)16(5,18)10-17-15(2,3)4/h6-9,17-18H,10H2,1-5H3. The predicted octanol–water partition coefficient (Wildman–Crippen LogP) is 3.34. The Kier molecular flexibility index (Phi) is 3.45. The van der Waals surface area contributed by atoms with Crippen LogP contribution in [-0.4, -0.2) is 17.2 Å². The van der Waals surface area contributed by atoms with Crippen LogP contribution in [0.5, 0.6) is 0 Å². The summed E-state index contributed by atoms with van der Waals surface area (Å²) in [5.41, 5.74) is 0.891. The lowest BCUT2D eigenvalue weighted by Gasteiger charge is -2.27. The van der Waals surface area contributed by atoms with E-state index < -0.39 is 5.60 Å². The van der Waals surface area contributed by atoms with E-state index in [1.807, 2.05) is 31.2 Å². The predicted molar refractivity (Wildman–Crippen MR) is 78.3 cm³/mol. The minimum absolute atomic E-state index is 0.0358. The molecule has 1 unspecified atom stereocenters. The van der Waals surface area contributed by atoms with Crippen LogP contribution < -0.4 is 5.32 Å². The Morgan fingerprint density at radius 3 is 2.47 bits per heavy atom. The summed E-state index contributed by atoms with van der Waals surface area (Å²) in [6.45, 7) is 10.5. The van der Waals surface area contributed by atoms with Crippen molar-refractivity contribution >= 4 is 11.0 Å². The van der Waals surface area contributed by atoms with Crippen LogP contribution in [-0.2, 0) is 5.60 Å². The molecule has 19 heavy (non-hydrogen) atoms. The molecule has 0 saturated heterocycles. The van der Waals surface area contributed by atoms with Gasteiger partial charge in [0.1, 0.15) is 16.9 Å². The molecule has 0 aliphatic carbocycles. The van der Waals surface area contributed by atoms with Gasteiger partial charge in [0.25, 0.3) is 0 Å². The second-order valence-electron chi connectivity index (χ2n) is 6.48. The molecule has 0 fully saturated rings. The van der Waals surface area contributed by atoms with Crippen LogP contribution in [0.3, 0.4) is 0 Å². The molecule has 1 aromatic carbocycles. The zero-order chi connectivity index (χ0) is 14.3. The molecule has 0 aliphatic heterocycles. The van der Waals surface area contributed by atoms with Crippen LogP contribution in [0.1, 0.15) is 39.0 Å². The number of aryl methyl sites for hydroxylation is 1. The monoisotopic (exact) mass is 261 g/mol. The highest BCUT2D eigenvalue weighted by atomic mass is 16.4. The van der Waals surface area contributed by atoms with Crippen molar-refractivity contribution in [2.75, 3.05) is 6.54 Å². The maximum absolute atomic E-state index is 10.6. The van der Waals surface area contributed by atoms with E-state index in [4.69, 9.17) is 4.42 Å². The lowest BCUT2D eigenvalue weighted by atomic mass is 10.0. The molecule has 2 aromatic rings. The van der Waals surface area contributed by atoms with E-state index in [0.29, 0.717) is 12.3 Å². The van der Waals surface area contributed by atoms with E-state index in [1.165, 1.54) is 0 Å². The number of benzene rings is 1. The number of nitrogens with one attached hydrogen (secondary N) is 1. The Balaban J connectivity index is 2.30. The Hall–Kier alpha value is -1.32. The maximum atomic E-state index is 10.6. The average Bonchev–Trinajstić information content (AvgIpc) is 2.72. The van der Waals surface area contributed by atoms with Gasteiger partial charge in [-0.2, -0.15) is 0 Å². The average molecular weight is 261 g/mol. The van der Waals surface area contributed by atoms with Crippen molar-refractivity contribution in [3.8, 4) is 0 Å². The Morgan fingerprint density at radius 2 is 1.89 bits per heavy atom. The molecule has 0 radical (unpaired) electrons. The first-order valence-corrected chi connectivity index (χ1v) is 6.66. The summed E-state index contributed by atoms with van der Waals surface area (Å²) < 4.78 is 5.84. The number of rotatable bonds is 3. The van der Waals surface area contributed by atoms with E-state index in [0.717, 1.165) is 16.5 Å². The van der Waals surface area contributed by atoms with Crippen molar-refractivity contribution in [1.82, 2.24) is 5.32 Å². The number of β-amino-alcohol motifs (C(OH)–C–C–N with tert-alkyl or cyclic N) is 1. The number of furan rings is 1. The minimum Gasteiger partial charge on any atom is -0.458 e. The van der Waals surface area contributed by atoms with Crippen LogP contribution in [0.15, 0.2) is 28.7 Å². The molecular weight excluding hydrogens is 238 g/mol. The van der Waals surface area contributed by atoms with Gasteiger partial charge >= 0.3 is 0 Å². The molecule has 1 aromatic heterocycles. The molecule has 3 nitrogen and oxygen atoms in total. The molecule has 2 N–H and O–H groups in total. The molecule has 0 aliphatic rings. The van der Waals surface area contributed by atoms with Gasteiger partial charge in [-0.1, -0.05) is 18.2 Å². The normalized spacial score (nSPS) is 15.7. The van der Waals surface area contributed by atoms with Gasteiger partial charge in [0.05, 0.1) is 0 Å². The van der Waals surface area contributed by atoms with Crippen LogP contribution in [0.4, 0.5) is 0 Å². The third kappa shape index (κ3) is 3.17. The van der Waals surface area contributed by atoms with Crippen molar-refractivity contribution < 1.29 is 9.52 Å². The Morgan fingerprint density at radius 1 is 1.21 bits per heavy atom. The zero-order valence-electron chi connectivity index (χ0n) is 12.4. The lowest BCUT2D eigenvalue weighted by molar-refractivity contribution is 0.0299. The van der Waals surface area contributed by atoms with E-state index >= 15 is 0 Å². The first kappa shape index (κ1) is 14.1. The van der Waals surface area contributed by atoms with Gasteiger partial charge in [0.2, 0.25) is 0 Å². The van der Waals surface area contributed by atoms with Gasteiger partial charge in [-0.3, -0.25) is 0 Å². The summed E-state index contributed by atoms with van der Waals surface area (Å²) in [5, 5.41) is 14.9. The zero-order valence-corrected chi connectivity index (χ0v) is 12.4. The third-order valence-corrected chi connectivity index (χ3v) is 3.23. The third-order valence-electron chi connectivity index (χ3n) is 3.23. The topological polar surface area (TPSA) is 45.4 Å². The Labute approximate surface area is 114 Å². The van der Waals surface area contributed by atoms with Gasteiger partial charge in [0.15, 0.2) is 0 Å². The van der Waals surface area contributed by atoms with Gasteiger partial charge in [0, 0.05) is 17.5 Å². The van der Waals surface area contributed by atoms with Crippen molar-refractivity contribution in [1.29, 1.82) is 0 Å². The molecule has 3 heteroatoms. The lowest BCUT2D eigenvalue weighted by Crippen LogP contribution is -2.44. The van der Waals surface area contributed by atoms with E-state index in [-0.39, 0.29) is 5.54 Å². The summed E-state index contributed by atoms with van der Waals surface area (Å²) in [6.07, 6.45) is 0. The van der Waals surface area contributed by atoms with Crippen molar-refractivity contribution in [2.45, 2.75) is 45.8 Å².